The standard InChI is InChI=1S/C42H54N6O8/c1-4-28-14-10-15-30(21-28)23-36(49)44-31(22-29-12-6-5-7-13-29)37(50)45-32-25-56-42(55)35-20-26(2)24-48(35)39(52)27(3)43-38(51)33-16-8-9-18-46(33)41(54)34-17-11-19-47(34)40(32)53/h5-7,10,12-15,21,26-27,31-35H,4,8-9,11,16-20,22-25H2,1-3H3,(H,43,51)(H,44,49)(H,45,50)/t26-,27+,31+,32+,33+,34+,35+/m1/s1. The second kappa shape index (κ2) is 18.1. The van der Waals surface area contributed by atoms with Gasteiger partial charge >= 0.3 is 5.97 Å². The van der Waals surface area contributed by atoms with Crippen LogP contribution in [0, 0.1) is 5.92 Å². The lowest BCUT2D eigenvalue weighted by Gasteiger charge is -2.39. The van der Waals surface area contributed by atoms with E-state index in [1.54, 1.807) is 6.92 Å². The molecule has 6 rings (SSSR count). The van der Waals surface area contributed by atoms with Crippen LogP contribution in [-0.4, -0.2) is 119 Å². The Hall–Kier alpha value is -5.27. The van der Waals surface area contributed by atoms with Gasteiger partial charge in [0.25, 0.3) is 0 Å². The van der Waals surface area contributed by atoms with E-state index in [-0.39, 0.29) is 43.7 Å². The van der Waals surface area contributed by atoms with Gasteiger partial charge in [0.05, 0.1) is 6.42 Å². The summed E-state index contributed by atoms with van der Waals surface area (Å²) in [4.78, 5) is 102. The molecule has 4 saturated heterocycles. The molecule has 0 saturated carbocycles. The van der Waals surface area contributed by atoms with Crippen LogP contribution in [0.25, 0.3) is 0 Å². The molecule has 0 bridgehead atoms. The van der Waals surface area contributed by atoms with Gasteiger partial charge in [-0.15, -0.1) is 0 Å². The fourth-order valence-corrected chi connectivity index (χ4v) is 8.44. The van der Waals surface area contributed by atoms with Gasteiger partial charge in [0, 0.05) is 26.1 Å². The van der Waals surface area contributed by atoms with E-state index in [9.17, 15) is 33.6 Å². The fraction of sp³-hybridized carbons (Fsp3) is 0.548. The summed E-state index contributed by atoms with van der Waals surface area (Å²) in [6.45, 7) is 5.77. The van der Waals surface area contributed by atoms with Crippen molar-refractivity contribution in [3.63, 3.8) is 0 Å². The third-order valence-corrected chi connectivity index (χ3v) is 11.4. The Kier molecular flexibility index (Phi) is 13.1. The molecule has 4 aliphatic rings. The maximum Gasteiger partial charge on any atom is 0.328 e. The van der Waals surface area contributed by atoms with Gasteiger partial charge < -0.3 is 35.4 Å². The minimum Gasteiger partial charge on any atom is -0.461 e. The maximum absolute atomic E-state index is 14.5. The van der Waals surface area contributed by atoms with Crippen molar-refractivity contribution in [1.29, 1.82) is 0 Å². The molecule has 2 aromatic carbocycles. The molecule has 0 radical (unpaired) electrons. The molecule has 4 heterocycles. The molecule has 2 aromatic rings. The molecule has 14 heteroatoms. The smallest absolute Gasteiger partial charge is 0.328 e. The maximum atomic E-state index is 14.5. The fourth-order valence-electron chi connectivity index (χ4n) is 8.44. The van der Waals surface area contributed by atoms with Gasteiger partial charge in [-0.1, -0.05) is 68.4 Å². The van der Waals surface area contributed by atoms with Crippen molar-refractivity contribution in [2.75, 3.05) is 26.2 Å². The predicted molar refractivity (Wildman–Crippen MR) is 205 cm³/mol. The van der Waals surface area contributed by atoms with E-state index in [2.05, 4.69) is 16.0 Å². The highest BCUT2D eigenvalue weighted by atomic mass is 16.5. The van der Waals surface area contributed by atoms with Crippen molar-refractivity contribution in [3.05, 3.63) is 71.3 Å². The quantitative estimate of drug-likeness (QED) is 0.340. The van der Waals surface area contributed by atoms with Crippen molar-refractivity contribution in [3.8, 4) is 0 Å². The molecule has 0 unspecified atom stereocenters. The minimum atomic E-state index is -1.41. The molecular weight excluding hydrogens is 716 g/mol. The van der Waals surface area contributed by atoms with E-state index in [1.165, 1.54) is 14.7 Å². The highest BCUT2D eigenvalue weighted by molar-refractivity contribution is 5.98. The number of ether oxygens (including phenoxy) is 1. The number of nitrogens with zero attached hydrogens (tertiary/aromatic N) is 3. The van der Waals surface area contributed by atoms with Crippen molar-refractivity contribution in [2.45, 2.75) is 115 Å². The van der Waals surface area contributed by atoms with Gasteiger partial charge in [-0.05, 0) is 74.5 Å². The van der Waals surface area contributed by atoms with E-state index in [0.717, 1.165) is 29.5 Å². The topological polar surface area (TPSA) is 175 Å². The molecule has 0 aromatic heterocycles. The Balaban J connectivity index is 1.29. The van der Waals surface area contributed by atoms with E-state index in [1.807, 2.05) is 68.4 Å². The first kappa shape index (κ1) is 40.4. The summed E-state index contributed by atoms with van der Waals surface area (Å²) in [6, 6.07) is 10.7. The summed E-state index contributed by atoms with van der Waals surface area (Å²) in [5.74, 6) is -3.72. The number of piperidine rings is 1. The van der Waals surface area contributed by atoms with Crippen LogP contribution >= 0.6 is 0 Å². The SMILES string of the molecule is CCc1cccc(CC(=O)N[C@@H](Cc2ccccc2)C(=O)N[C@H]2COC(=O)[C@@H]3C[C@@H](C)CN3C(=O)[C@H](C)NC(=O)[C@@H]3CCCCN3C(=O)[C@@H]3CCCN3C2=O)c1. The van der Waals surface area contributed by atoms with Crippen LogP contribution in [0.1, 0.15) is 76.0 Å². The normalized spacial score (nSPS) is 26.8. The zero-order valence-corrected chi connectivity index (χ0v) is 32.5. The number of carbonyl (C=O) groups is 7. The number of aryl methyl sites for hydroxylation is 1. The third-order valence-electron chi connectivity index (χ3n) is 11.4. The molecule has 0 aliphatic carbocycles. The predicted octanol–water partition coefficient (Wildman–Crippen LogP) is 1.67. The second-order valence-corrected chi connectivity index (χ2v) is 15.7. The Bertz CT molecular complexity index is 1800. The lowest BCUT2D eigenvalue weighted by atomic mass is 9.99. The van der Waals surface area contributed by atoms with Crippen LogP contribution in [0.2, 0.25) is 0 Å². The summed E-state index contributed by atoms with van der Waals surface area (Å²) >= 11 is 0. The van der Waals surface area contributed by atoms with Gasteiger partial charge in [-0.3, -0.25) is 28.8 Å². The Morgan fingerprint density at radius 3 is 2.27 bits per heavy atom. The molecule has 4 aliphatic heterocycles. The molecule has 3 N–H and O–H groups in total. The number of fused-ring (bicyclic) bond motifs is 3. The van der Waals surface area contributed by atoms with Crippen molar-refractivity contribution >= 4 is 41.4 Å². The molecule has 7 atom stereocenters. The number of hydrogen-bond donors (Lipinski definition) is 3. The molecule has 14 nitrogen and oxygen atoms in total. The molecule has 6 amide bonds. The van der Waals surface area contributed by atoms with Gasteiger partial charge in [0.1, 0.15) is 42.9 Å². The molecule has 56 heavy (non-hydrogen) atoms. The Morgan fingerprint density at radius 2 is 1.50 bits per heavy atom. The average molecular weight is 771 g/mol. The number of benzene rings is 2. The van der Waals surface area contributed by atoms with Gasteiger partial charge in [-0.25, -0.2) is 4.79 Å². The van der Waals surface area contributed by atoms with Crippen LogP contribution < -0.4 is 16.0 Å². The number of esters is 1. The number of nitrogens with one attached hydrogen (secondary N) is 3. The molecule has 4 fully saturated rings. The van der Waals surface area contributed by atoms with Crippen LogP contribution in [0.15, 0.2) is 54.6 Å². The molecule has 0 spiro atoms. The number of amides is 6. The monoisotopic (exact) mass is 770 g/mol. The van der Waals surface area contributed by atoms with E-state index in [4.69, 9.17) is 4.74 Å². The molecular formula is C42H54N6O8. The van der Waals surface area contributed by atoms with Crippen LogP contribution in [0.5, 0.6) is 0 Å². The van der Waals surface area contributed by atoms with Crippen molar-refractivity contribution < 1.29 is 38.3 Å². The van der Waals surface area contributed by atoms with Crippen LogP contribution in [-0.2, 0) is 57.6 Å². The second-order valence-electron chi connectivity index (χ2n) is 15.7. The van der Waals surface area contributed by atoms with E-state index in [0.29, 0.717) is 38.6 Å². The van der Waals surface area contributed by atoms with Crippen molar-refractivity contribution in [2.24, 2.45) is 5.92 Å². The lowest BCUT2D eigenvalue weighted by molar-refractivity contribution is -0.158. The zero-order valence-electron chi connectivity index (χ0n) is 32.5. The summed E-state index contributed by atoms with van der Waals surface area (Å²) in [5, 5.41) is 8.45. The number of carbonyl (C=O) groups excluding carboxylic acids is 7. The highest BCUT2D eigenvalue weighted by Gasteiger charge is 2.46. The number of rotatable bonds is 8. The van der Waals surface area contributed by atoms with Crippen LogP contribution in [0.4, 0.5) is 0 Å². The largest absolute Gasteiger partial charge is 0.461 e. The molecule has 300 valence electrons. The summed E-state index contributed by atoms with van der Waals surface area (Å²) in [6.07, 6.45) is 3.96. The lowest BCUT2D eigenvalue weighted by Crippen LogP contribution is -2.62. The summed E-state index contributed by atoms with van der Waals surface area (Å²) in [7, 11) is 0. The van der Waals surface area contributed by atoms with Gasteiger partial charge in [0.15, 0.2) is 0 Å². The Labute approximate surface area is 328 Å². The Morgan fingerprint density at radius 1 is 0.804 bits per heavy atom. The van der Waals surface area contributed by atoms with Gasteiger partial charge in [-0.2, -0.15) is 0 Å². The summed E-state index contributed by atoms with van der Waals surface area (Å²) in [5.41, 5.74) is 2.65. The third kappa shape index (κ3) is 9.39. The zero-order chi connectivity index (χ0) is 39.9. The first-order valence-electron chi connectivity index (χ1n) is 20.0. The number of cyclic esters (lactones) is 1. The minimum absolute atomic E-state index is 0.0348. The van der Waals surface area contributed by atoms with E-state index < -0.39 is 72.5 Å². The first-order valence-corrected chi connectivity index (χ1v) is 20.0. The highest BCUT2D eigenvalue weighted by Crippen LogP contribution is 2.28. The van der Waals surface area contributed by atoms with E-state index >= 15 is 0 Å². The van der Waals surface area contributed by atoms with Gasteiger partial charge in [0.2, 0.25) is 35.4 Å². The number of hydrogen-bond acceptors (Lipinski definition) is 8. The van der Waals surface area contributed by atoms with Crippen LogP contribution in [0.3, 0.4) is 0 Å². The first-order chi connectivity index (χ1) is 26.9. The average Bonchev–Trinajstić information content (AvgIpc) is 3.85. The summed E-state index contributed by atoms with van der Waals surface area (Å²) < 4.78 is 5.77. The van der Waals surface area contributed by atoms with Crippen molar-refractivity contribution in [1.82, 2.24) is 30.7 Å².